The van der Waals surface area contributed by atoms with E-state index in [-0.39, 0.29) is 11.8 Å². The number of carbonyl (C=O) groups excluding carboxylic acids is 3. The first-order valence-corrected chi connectivity index (χ1v) is 10.6. The van der Waals surface area contributed by atoms with Gasteiger partial charge in [-0.05, 0) is 48.9 Å². The maximum atomic E-state index is 13.6. The lowest BCUT2D eigenvalue weighted by atomic mass is 9.90. The molecule has 0 N–H and O–H groups in total. The lowest BCUT2D eigenvalue weighted by molar-refractivity contribution is -0.126. The Kier molecular flexibility index (Phi) is 5.18. The summed E-state index contributed by atoms with van der Waals surface area (Å²) < 4.78 is 4.78. The fourth-order valence-corrected chi connectivity index (χ4v) is 4.43. The number of nitrogens with zero attached hydrogens (tertiary/aromatic N) is 2. The average Bonchev–Trinajstić information content (AvgIpc) is 3.36. The van der Waals surface area contributed by atoms with Gasteiger partial charge < -0.3 is 4.74 Å². The van der Waals surface area contributed by atoms with Crippen molar-refractivity contribution in [1.29, 1.82) is 0 Å². The molecule has 5 rings (SSSR count). The number of fused-ring (bicyclic) bond motifs is 1. The summed E-state index contributed by atoms with van der Waals surface area (Å²) in [7, 11) is 1.32. The molecule has 3 aromatic carbocycles. The molecule has 2 heterocycles. The molecule has 3 aromatic rings. The van der Waals surface area contributed by atoms with Crippen molar-refractivity contribution in [3.8, 4) is 0 Å². The molecule has 0 unspecified atom stereocenters. The topological polar surface area (TPSA) is 76.2 Å². The summed E-state index contributed by atoms with van der Waals surface area (Å²) in [6, 6.07) is 22.9. The molecule has 0 radical (unpaired) electrons. The number of para-hydroxylation sites is 1. The summed E-state index contributed by atoms with van der Waals surface area (Å²) >= 11 is 0. The molecular formula is C26H22N2O5. The molecule has 2 fully saturated rings. The van der Waals surface area contributed by atoms with Gasteiger partial charge in [-0.25, -0.2) is 14.8 Å². The number of ether oxygens (including phenoxy) is 1. The van der Waals surface area contributed by atoms with Crippen molar-refractivity contribution in [2.75, 3.05) is 17.1 Å². The van der Waals surface area contributed by atoms with Gasteiger partial charge in [0.05, 0.1) is 30.1 Å². The van der Waals surface area contributed by atoms with E-state index in [1.807, 2.05) is 49.4 Å². The first kappa shape index (κ1) is 20.9. The Morgan fingerprint density at radius 2 is 1.52 bits per heavy atom. The molecule has 0 bridgehead atoms. The second-order valence-corrected chi connectivity index (χ2v) is 8.12. The SMILES string of the molecule is COC(=O)c1ccc([C@@H]2[C@@H]3C(=O)N(c4ccc(C)cc4)C(=O)[C@@H]3ON2c2ccccc2)cc1. The van der Waals surface area contributed by atoms with Crippen LogP contribution in [0.1, 0.15) is 27.5 Å². The van der Waals surface area contributed by atoms with Crippen molar-refractivity contribution in [1.82, 2.24) is 0 Å². The first-order valence-electron chi connectivity index (χ1n) is 10.6. The van der Waals surface area contributed by atoms with E-state index in [9.17, 15) is 14.4 Å². The third-order valence-corrected chi connectivity index (χ3v) is 6.09. The molecule has 7 nitrogen and oxygen atoms in total. The van der Waals surface area contributed by atoms with Gasteiger partial charge in [-0.1, -0.05) is 48.0 Å². The highest BCUT2D eigenvalue weighted by Gasteiger charge is 2.60. The smallest absolute Gasteiger partial charge is 0.337 e. The monoisotopic (exact) mass is 442 g/mol. The highest BCUT2D eigenvalue weighted by Crippen LogP contribution is 2.47. The zero-order valence-electron chi connectivity index (χ0n) is 18.2. The Hall–Kier alpha value is -3.97. The number of anilines is 2. The van der Waals surface area contributed by atoms with Gasteiger partial charge in [0.1, 0.15) is 5.92 Å². The standard InChI is InChI=1S/C26H22N2O5/c1-16-8-14-19(15-9-16)27-24(29)21-22(17-10-12-18(13-11-17)26(31)32-2)28(33-23(21)25(27)30)20-6-4-3-5-7-20/h3-15,21-23H,1-2H3/t21-,22+,23+/m0/s1. The van der Waals surface area contributed by atoms with Crippen LogP contribution in [0, 0.1) is 12.8 Å². The summed E-state index contributed by atoms with van der Waals surface area (Å²) in [6.07, 6.45) is -0.940. The van der Waals surface area contributed by atoms with Crippen molar-refractivity contribution < 1.29 is 24.0 Å². The van der Waals surface area contributed by atoms with Gasteiger partial charge in [-0.3, -0.25) is 14.4 Å². The van der Waals surface area contributed by atoms with Gasteiger partial charge >= 0.3 is 5.97 Å². The Morgan fingerprint density at radius 3 is 2.15 bits per heavy atom. The number of esters is 1. The fraction of sp³-hybridized carbons (Fsp3) is 0.192. The fourth-order valence-electron chi connectivity index (χ4n) is 4.43. The van der Waals surface area contributed by atoms with Crippen LogP contribution in [0.25, 0.3) is 0 Å². The zero-order chi connectivity index (χ0) is 23.1. The van der Waals surface area contributed by atoms with Crippen LogP contribution in [-0.2, 0) is 19.2 Å². The Bertz CT molecular complexity index is 1210. The number of imide groups is 1. The van der Waals surface area contributed by atoms with E-state index in [1.54, 1.807) is 41.5 Å². The number of aryl methyl sites for hydroxylation is 1. The maximum absolute atomic E-state index is 13.6. The highest BCUT2D eigenvalue weighted by atomic mass is 16.7. The molecule has 7 heteroatoms. The van der Waals surface area contributed by atoms with Crippen LogP contribution >= 0.6 is 0 Å². The first-order chi connectivity index (χ1) is 16.0. The Morgan fingerprint density at radius 1 is 0.848 bits per heavy atom. The molecular weight excluding hydrogens is 420 g/mol. The lowest BCUT2D eigenvalue weighted by Crippen LogP contribution is -2.37. The van der Waals surface area contributed by atoms with Crippen LogP contribution in [0.3, 0.4) is 0 Å². The largest absolute Gasteiger partial charge is 0.465 e. The van der Waals surface area contributed by atoms with Gasteiger partial charge in [0.25, 0.3) is 5.91 Å². The van der Waals surface area contributed by atoms with E-state index in [0.717, 1.165) is 16.8 Å². The quantitative estimate of drug-likeness (QED) is 0.452. The van der Waals surface area contributed by atoms with Crippen molar-refractivity contribution in [2.45, 2.75) is 19.1 Å². The van der Waals surface area contributed by atoms with E-state index in [4.69, 9.17) is 9.57 Å². The number of hydrogen-bond acceptors (Lipinski definition) is 6. The molecule has 3 atom stereocenters. The van der Waals surface area contributed by atoms with E-state index in [2.05, 4.69) is 0 Å². The van der Waals surface area contributed by atoms with Crippen molar-refractivity contribution in [3.63, 3.8) is 0 Å². The number of rotatable bonds is 4. The Labute approximate surface area is 191 Å². The summed E-state index contributed by atoms with van der Waals surface area (Å²) in [6.45, 7) is 1.95. The average molecular weight is 442 g/mol. The van der Waals surface area contributed by atoms with Crippen LogP contribution in [0.2, 0.25) is 0 Å². The predicted octanol–water partition coefficient (Wildman–Crippen LogP) is 3.83. The van der Waals surface area contributed by atoms with Crippen LogP contribution in [-0.4, -0.2) is 31.0 Å². The number of hydroxylamine groups is 1. The molecule has 0 aromatic heterocycles. The number of benzene rings is 3. The second-order valence-electron chi connectivity index (χ2n) is 8.12. The zero-order valence-corrected chi connectivity index (χ0v) is 18.2. The maximum Gasteiger partial charge on any atom is 0.337 e. The molecule has 33 heavy (non-hydrogen) atoms. The van der Waals surface area contributed by atoms with Gasteiger partial charge in [0.2, 0.25) is 5.91 Å². The van der Waals surface area contributed by atoms with Gasteiger partial charge in [0, 0.05) is 0 Å². The number of amides is 2. The molecule has 2 amide bonds. The van der Waals surface area contributed by atoms with E-state index in [1.165, 1.54) is 12.0 Å². The van der Waals surface area contributed by atoms with E-state index >= 15 is 0 Å². The number of methoxy groups -OCH3 is 1. The normalized spacial score (nSPS) is 21.9. The van der Waals surface area contributed by atoms with Crippen molar-refractivity contribution >= 4 is 29.2 Å². The van der Waals surface area contributed by atoms with Crippen LogP contribution in [0.5, 0.6) is 0 Å². The second kappa shape index (κ2) is 8.18. The van der Waals surface area contributed by atoms with Gasteiger partial charge in [-0.2, -0.15) is 0 Å². The van der Waals surface area contributed by atoms with Crippen molar-refractivity contribution in [3.05, 3.63) is 95.6 Å². The highest BCUT2D eigenvalue weighted by molar-refractivity contribution is 6.23. The summed E-state index contributed by atoms with van der Waals surface area (Å²) in [4.78, 5) is 46.1. The molecule has 0 aliphatic carbocycles. The molecule has 166 valence electrons. The molecule has 2 aliphatic rings. The summed E-state index contributed by atoms with van der Waals surface area (Å²) in [5, 5.41) is 1.63. The predicted molar refractivity (Wildman–Crippen MR) is 121 cm³/mol. The molecule has 0 saturated carbocycles. The van der Waals surface area contributed by atoms with E-state index in [0.29, 0.717) is 11.3 Å². The summed E-state index contributed by atoms with van der Waals surface area (Å²) in [5.41, 5.74) is 3.45. The van der Waals surface area contributed by atoms with Gasteiger partial charge in [-0.15, -0.1) is 0 Å². The van der Waals surface area contributed by atoms with Gasteiger partial charge in [0.15, 0.2) is 6.10 Å². The number of carbonyl (C=O) groups is 3. The lowest BCUT2D eigenvalue weighted by Gasteiger charge is -2.28. The number of hydrogen-bond donors (Lipinski definition) is 0. The van der Waals surface area contributed by atoms with Crippen molar-refractivity contribution in [2.24, 2.45) is 5.92 Å². The van der Waals surface area contributed by atoms with E-state index < -0.39 is 24.0 Å². The minimum Gasteiger partial charge on any atom is -0.465 e. The van der Waals surface area contributed by atoms with Crippen LogP contribution in [0.4, 0.5) is 11.4 Å². The third kappa shape index (κ3) is 3.47. The Balaban J connectivity index is 1.56. The third-order valence-electron chi connectivity index (χ3n) is 6.09. The molecule has 2 aliphatic heterocycles. The molecule has 0 spiro atoms. The minimum atomic E-state index is -0.940. The minimum absolute atomic E-state index is 0.311. The van der Waals surface area contributed by atoms with Crippen LogP contribution < -0.4 is 9.96 Å². The molecule has 2 saturated heterocycles. The van der Waals surface area contributed by atoms with Crippen LogP contribution in [0.15, 0.2) is 78.9 Å². The summed E-state index contributed by atoms with van der Waals surface area (Å²) in [5.74, 6) is -1.87.